The van der Waals surface area contributed by atoms with E-state index in [0.717, 1.165) is 11.6 Å². The number of piperidine rings is 1. The van der Waals surface area contributed by atoms with Crippen molar-refractivity contribution < 1.29 is 27.1 Å². The molecule has 0 aliphatic carbocycles. The number of nitrogens with zero attached hydrogens (tertiary/aromatic N) is 4. The van der Waals surface area contributed by atoms with Crippen LogP contribution in [0.1, 0.15) is 30.0 Å². The standard InChI is InChI=1S/C22H25F5N4O/c1-3-30-10-14(20(23)24)7-16(11-30)31-5-4-13-8-17(28-29-21(13)31)19-12(2)6-15(9-18(19)32)22(25,26)27/h6,8-9,14,16,20,32H,3-5,7,10-11H2,1-2H3/t14-,16-/m1/s1. The number of halogens is 5. The van der Waals surface area contributed by atoms with Crippen LogP contribution in [-0.2, 0) is 12.6 Å². The summed E-state index contributed by atoms with van der Waals surface area (Å²) in [7, 11) is 0. The molecule has 174 valence electrons. The van der Waals surface area contributed by atoms with E-state index in [2.05, 4.69) is 10.2 Å². The van der Waals surface area contributed by atoms with Gasteiger partial charge in [0, 0.05) is 42.7 Å². The highest BCUT2D eigenvalue weighted by atomic mass is 19.4. The molecule has 1 aromatic heterocycles. The van der Waals surface area contributed by atoms with Crippen molar-refractivity contribution in [1.82, 2.24) is 15.1 Å². The number of benzene rings is 1. The predicted molar refractivity (Wildman–Crippen MR) is 110 cm³/mol. The van der Waals surface area contributed by atoms with Gasteiger partial charge < -0.3 is 14.9 Å². The minimum Gasteiger partial charge on any atom is -0.507 e. The monoisotopic (exact) mass is 456 g/mol. The van der Waals surface area contributed by atoms with Crippen molar-refractivity contribution in [2.75, 3.05) is 31.1 Å². The quantitative estimate of drug-likeness (QED) is 0.686. The van der Waals surface area contributed by atoms with Crippen molar-refractivity contribution in [3.8, 4) is 17.0 Å². The van der Waals surface area contributed by atoms with Crippen LogP contribution in [0.15, 0.2) is 18.2 Å². The van der Waals surface area contributed by atoms with E-state index in [4.69, 9.17) is 0 Å². The summed E-state index contributed by atoms with van der Waals surface area (Å²) in [5.74, 6) is -0.586. The van der Waals surface area contributed by atoms with Crippen LogP contribution < -0.4 is 4.90 Å². The largest absolute Gasteiger partial charge is 0.507 e. The number of phenolic OH excluding ortho intramolecular Hbond substituents is 1. The topological polar surface area (TPSA) is 52.5 Å². The zero-order valence-corrected chi connectivity index (χ0v) is 17.8. The molecular formula is C22H25F5N4O. The third kappa shape index (κ3) is 4.24. The van der Waals surface area contributed by atoms with E-state index in [-0.39, 0.29) is 17.2 Å². The van der Waals surface area contributed by atoms with Crippen molar-refractivity contribution >= 4 is 5.82 Å². The molecule has 4 rings (SSSR count). The molecule has 0 saturated carbocycles. The average molecular weight is 456 g/mol. The molecule has 2 aliphatic rings. The first-order valence-corrected chi connectivity index (χ1v) is 10.6. The lowest BCUT2D eigenvalue weighted by Crippen LogP contribution is -2.52. The molecule has 5 nitrogen and oxygen atoms in total. The third-order valence-corrected chi connectivity index (χ3v) is 6.42. The Balaban J connectivity index is 1.62. The van der Waals surface area contributed by atoms with Crippen molar-refractivity contribution in [3.63, 3.8) is 0 Å². The van der Waals surface area contributed by atoms with Crippen LogP contribution in [0, 0.1) is 12.8 Å². The number of likely N-dealkylation sites (N-methyl/N-ethyl adjacent to an activating group) is 1. The number of alkyl halides is 5. The van der Waals surface area contributed by atoms with Crippen molar-refractivity contribution in [2.24, 2.45) is 5.92 Å². The van der Waals surface area contributed by atoms with Gasteiger partial charge in [-0.1, -0.05) is 6.92 Å². The third-order valence-electron chi connectivity index (χ3n) is 6.42. The van der Waals surface area contributed by atoms with Crippen LogP contribution in [0.2, 0.25) is 0 Å². The van der Waals surface area contributed by atoms with Gasteiger partial charge in [0.1, 0.15) is 5.75 Å². The first-order valence-electron chi connectivity index (χ1n) is 10.6. The molecule has 32 heavy (non-hydrogen) atoms. The Morgan fingerprint density at radius 3 is 2.53 bits per heavy atom. The maximum Gasteiger partial charge on any atom is 0.416 e. The average Bonchev–Trinajstić information content (AvgIpc) is 3.15. The van der Waals surface area contributed by atoms with Gasteiger partial charge in [0.05, 0.1) is 11.3 Å². The van der Waals surface area contributed by atoms with E-state index in [1.54, 1.807) is 6.07 Å². The summed E-state index contributed by atoms with van der Waals surface area (Å²) in [4.78, 5) is 4.04. The van der Waals surface area contributed by atoms with Crippen LogP contribution >= 0.6 is 0 Å². The van der Waals surface area contributed by atoms with Crippen LogP contribution in [0.4, 0.5) is 27.8 Å². The van der Waals surface area contributed by atoms with Gasteiger partial charge >= 0.3 is 6.18 Å². The Bertz CT molecular complexity index is 974. The minimum absolute atomic E-state index is 0.106. The Morgan fingerprint density at radius 2 is 1.91 bits per heavy atom. The predicted octanol–water partition coefficient (Wildman–Crippen LogP) is 4.51. The molecule has 1 saturated heterocycles. The number of rotatable bonds is 4. The van der Waals surface area contributed by atoms with Crippen molar-refractivity contribution in [1.29, 1.82) is 0 Å². The summed E-state index contributed by atoms with van der Waals surface area (Å²) in [5.41, 5.74) is 0.656. The van der Waals surface area contributed by atoms with Gasteiger partial charge in [-0.05, 0) is 50.1 Å². The number of aryl methyl sites for hydroxylation is 1. The van der Waals surface area contributed by atoms with Crippen molar-refractivity contribution in [3.05, 3.63) is 34.9 Å². The molecule has 1 fully saturated rings. The fourth-order valence-electron chi connectivity index (χ4n) is 4.81. The molecule has 10 heteroatoms. The normalized spacial score (nSPS) is 21.9. The zero-order valence-electron chi connectivity index (χ0n) is 17.8. The molecule has 2 aromatic rings. The smallest absolute Gasteiger partial charge is 0.416 e. The Kier molecular flexibility index (Phi) is 6.00. The highest BCUT2D eigenvalue weighted by Gasteiger charge is 2.38. The van der Waals surface area contributed by atoms with Crippen LogP contribution in [-0.4, -0.2) is 58.9 Å². The van der Waals surface area contributed by atoms with Gasteiger partial charge in [-0.25, -0.2) is 8.78 Å². The SMILES string of the molecule is CCN1C[C@H](C(F)F)C[C@@H](N2CCc3cc(-c4c(C)cc(C(F)(F)F)cc4O)nnc32)C1. The molecular weight excluding hydrogens is 431 g/mol. The highest BCUT2D eigenvalue weighted by Crippen LogP contribution is 2.40. The Hall–Kier alpha value is -2.49. The molecule has 3 heterocycles. The lowest BCUT2D eigenvalue weighted by molar-refractivity contribution is -0.137. The van der Waals surface area contributed by atoms with Crippen molar-refractivity contribution in [2.45, 2.75) is 45.3 Å². The zero-order chi connectivity index (χ0) is 23.2. The number of aromatic nitrogens is 2. The molecule has 2 atom stereocenters. The summed E-state index contributed by atoms with van der Waals surface area (Å²) in [6.45, 7) is 5.79. The maximum atomic E-state index is 13.4. The molecule has 0 amide bonds. The number of anilines is 1. The van der Waals surface area contributed by atoms with Gasteiger partial charge in [-0.3, -0.25) is 0 Å². The molecule has 1 aromatic carbocycles. The fourth-order valence-corrected chi connectivity index (χ4v) is 4.81. The van der Waals surface area contributed by atoms with Crippen LogP contribution in [0.3, 0.4) is 0 Å². The summed E-state index contributed by atoms with van der Waals surface area (Å²) in [6, 6.07) is 3.28. The Labute approximate surface area is 182 Å². The molecule has 0 radical (unpaired) electrons. The second kappa shape index (κ2) is 8.46. The van der Waals surface area contributed by atoms with Gasteiger partial charge in [-0.2, -0.15) is 13.2 Å². The number of hydrogen-bond acceptors (Lipinski definition) is 5. The molecule has 0 bridgehead atoms. The summed E-state index contributed by atoms with van der Waals surface area (Å²) < 4.78 is 65.9. The van der Waals surface area contributed by atoms with Gasteiger partial charge in [0.2, 0.25) is 6.43 Å². The molecule has 0 unspecified atom stereocenters. The number of likely N-dealkylation sites (tertiary alicyclic amines) is 1. The van der Waals surface area contributed by atoms with E-state index >= 15 is 0 Å². The molecule has 0 spiro atoms. The lowest BCUT2D eigenvalue weighted by atomic mass is 9.93. The fraction of sp³-hybridized carbons (Fsp3) is 0.545. The van der Waals surface area contributed by atoms with Crippen LogP contribution in [0.25, 0.3) is 11.3 Å². The second-order valence-corrected chi connectivity index (χ2v) is 8.54. The first-order chi connectivity index (χ1) is 15.1. The summed E-state index contributed by atoms with van der Waals surface area (Å²) >= 11 is 0. The second-order valence-electron chi connectivity index (χ2n) is 8.54. The van der Waals surface area contributed by atoms with Gasteiger partial charge in [-0.15, -0.1) is 10.2 Å². The lowest BCUT2D eigenvalue weighted by Gasteiger charge is -2.41. The number of aromatic hydroxyl groups is 1. The molecule has 1 N–H and O–H groups in total. The van der Waals surface area contributed by atoms with E-state index in [9.17, 15) is 27.1 Å². The van der Waals surface area contributed by atoms with Gasteiger partial charge in [0.25, 0.3) is 0 Å². The Morgan fingerprint density at radius 1 is 1.16 bits per heavy atom. The molecule has 2 aliphatic heterocycles. The first kappa shape index (κ1) is 22.7. The van der Waals surface area contributed by atoms with Crippen LogP contribution in [0.5, 0.6) is 5.75 Å². The van der Waals surface area contributed by atoms with E-state index < -0.39 is 29.8 Å². The number of fused-ring (bicyclic) bond motifs is 1. The summed E-state index contributed by atoms with van der Waals surface area (Å²) in [6.07, 6.45) is -5.95. The number of hydrogen-bond donors (Lipinski definition) is 1. The minimum atomic E-state index is -4.56. The highest BCUT2D eigenvalue weighted by molar-refractivity contribution is 5.73. The summed E-state index contributed by atoms with van der Waals surface area (Å²) in [5, 5.41) is 18.8. The number of phenols is 1. The van der Waals surface area contributed by atoms with E-state index in [0.29, 0.717) is 56.6 Å². The van der Waals surface area contributed by atoms with E-state index in [1.165, 1.54) is 6.92 Å². The van der Waals surface area contributed by atoms with Gasteiger partial charge in [0.15, 0.2) is 5.82 Å². The van der Waals surface area contributed by atoms with E-state index in [1.807, 2.05) is 16.7 Å². The maximum absolute atomic E-state index is 13.4.